The molecule has 0 atom stereocenters. The van der Waals surface area contributed by atoms with Crippen LogP contribution in [0.15, 0.2) is 60.7 Å². The predicted molar refractivity (Wildman–Crippen MR) is 97.0 cm³/mol. The van der Waals surface area contributed by atoms with Gasteiger partial charge in [-0.05, 0) is 51.6 Å². The summed E-state index contributed by atoms with van der Waals surface area (Å²) >= 11 is 0. The highest BCUT2D eigenvalue weighted by molar-refractivity contribution is 6.12. The molecule has 0 radical (unpaired) electrons. The molecule has 5 heteroatoms. The van der Waals surface area contributed by atoms with Gasteiger partial charge in [-0.15, -0.1) is 0 Å². The Hall–Kier alpha value is -3.44. The number of fused-ring (bicyclic) bond motifs is 4. The standard InChI is InChI=1S/C20H14N2O2.H2O/c21-19(23)11-8-9-16(20(22)24)17(10-11)15-7-3-6-14-12-4-1-2-5-13(12)18(14)15;/h1-10H,(H2,21,23)(H2,22,24);1H2. The van der Waals surface area contributed by atoms with Gasteiger partial charge in [-0.2, -0.15) is 0 Å². The van der Waals surface area contributed by atoms with E-state index >= 15 is 0 Å². The molecule has 25 heavy (non-hydrogen) atoms. The van der Waals surface area contributed by atoms with E-state index in [4.69, 9.17) is 11.5 Å². The molecular formula is C20H16N2O3. The zero-order chi connectivity index (χ0) is 16.8. The summed E-state index contributed by atoms with van der Waals surface area (Å²) in [6.45, 7) is 0. The largest absolute Gasteiger partial charge is 0.412 e. The first kappa shape index (κ1) is 16.4. The quantitative estimate of drug-likeness (QED) is 0.599. The monoisotopic (exact) mass is 332 g/mol. The molecule has 4 rings (SSSR count). The molecule has 2 amide bonds. The zero-order valence-electron chi connectivity index (χ0n) is 13.2. The summed E-state index contributed by atoms with van der Waals surface area (Å²) in [6, 6.07) is 18.7. The summed E-state index contributed by atoms with van der Waals surface area (Å²) < 4.78 is 0. The molecule has 3 aromatic rings. The Morgan fingerprint density at radius 2 is 1.24 bits per heavy atom. The van der Waals surface area contributed by atoms with Crippen molar-refractivity contribution in [1.82, 2.24) is 0 Å². The van der Waals surface area contributed by atoms with Gasteiger partial charge >= 0.3 is 0 Å². The van der Waals surface area contributed by atoms with Crippen LogP contribution in [0.4, 0.5) is 0 Å². The van der Waals surface area contributed by atoms with E-state index < -0.39 is 11.8 Å². The summed E-state index contributed by atoms with van der Waals surface area (Å²) in [5.41, 5.74) is 17.6. The van der Waals surface area contributed by atoms with Crippen LogP contribution in [0.3, 0.4) is 0 Å². The molecule has 1 aliphatic carbocycles. The first-order valence-corrected chi connectivity index (χ1v) is 7.54. The molecule has 0 aliphatic heterocycles. The average molecular weight is 332 g/mol. The van der Waals surface area contributed by atoms with Crippen LogP contribution in [-0.4, -0.2) is 17.3 Å². The second-order valence-corrected chi connectivity index (χ2v) is 5.76. The molecule has 0 heterocycles. The Labute approximate surface area is 144 Å². The number of hydrogen-bond donors (Lipinski definition) is 2. The molecule has 3 aromatic carbocycles. The minimum Gasteiger partial charge on any atom is -0.412 e. The number of rotatable bonds is 3. The number of carbonyl (C=O) groups is 2. The Kier molecular flexibility index (Phi) is 3.87. The lowest BCUT2D eigenvalue weighted by atomic mass is 9.76. The molecular weight excluding hydrogens is 316 g/mol. The summed E-state index contributed by atoms with van der Waals surface area (Å²) in [5.74, 6) is -1.08. The number of benzene rings is 3. The predicted octanol–water partition coefficient (Wildman–Crippen LogP) is 2.37. The van der Waals surface area contributed by atoms with E-state index in [1.165, 1.54) is 11.6 Å². The molecule has 1 aliphatic rings. The topological polar surface area (TPSA) is 118 Å². The first-order valence-electron chi connectivity index (χ1n) is 7.54. The van der Waals surface area contributed by atoms with Gasteiger partial charge in [0.15, 0.2) is 0 Å². The molecule has 0 unspecified atom stereocenters. The Bertz CT molecular complexity index is 1030. The van der Waals surface area contributed by atoms with Crippen LogP contribution in [0.5, 0.6) is 0 Å². The molecule has 0 spiro atoms. The normalized spacial score (nSPS) is 10.7. The van der Waals surface area contributed by atoms with Gasteiger partial charge in [-0.1, -0.05) is 42.5 Å². The maximum Gasteiger partial charge on any atom is 0.249 e. The van der Waals surface area contributed by atoms with Crippen LogP contribution in [0.25, 0.3) is 33.4 Å². The van der Waals surface area contributed by atoms with Crippen molar-refractivity contribution in [2.45, 2.75) is 0 Å². The van der Waals surface area contributed by atoms with Gasteiger partial charge in [0.05, 0.1) is 0 Å². The molecule has 0 saturated heterocycles. The second kappa shape index (κ2) is 5.89. The van der Waals surface area contributed by atoms with E-state index in [9.17, 15) is 9.59 Å². The number of primary amides is 2. The Morgan fingerprint density at radius 3 is 1.88 bits per heavy atom. The highest BCUT2D eigenvalue weighted by atomic mass is 16.1. The van der Waals surface area contributed by atoms with E-state index in [2.05, 4.69) is 6.07 Å². The molecule has 0 fully saturated rings. The van der Waals surface area contributed by atoms with E-state index in [0.29, 0.717) is 16.7 Å². The molecule has 124 valence electrons. The summed E-state index contributed by atoms with van der Waals surface area (Å²) in [7, 11) is 0. The number of hydrogen-bond acceptors (Lipinski definition) is 2. The highest BCUT2D eigenvalue weighted by Crippen LogP contribution is 2.51. The van der Waals surface area contributed by atoms with E-state index in [0.717, 1.165) is 22.3 Å². The first-order chi connectivity index (χ1) is 11.6. The van der Waals surface area contributed by atoms with Crippen LogP contribution >= 0.6 is 0 Å². The van der Waals surface area contributed by atoms with E-state index in [1.807, 2.05) is 36.4 Å². The average Bonchev–Trinajstić information content (AvgIpc) is 2.58. The van der Waals surface area contributed by atoms with Crippen molar-refractivity contribution in [3.63, 3.8) is 0 Å². The lowest BCUT2D eigenvalue weighted by Crippen LogP contribution is -2.16. The third kappa shape index (κ3) is 2.38. The Morgan fingerprint density at radius 1 is 0.640 bits per heavy atom. The fourth-order valence-electron chi connectivity index (χ4n) is 3.30. The van der Waals surface area contributed by atoms with Crippen molar-refractivity contribution in [3.05, 3.63) is 71.8 Å². The third-order valence-electron chi connectivity index (χ3n) is 4.41. The van der Waals surface area contributed by atoms with Gasteiger partial charge in [-0.3, -0.25) is 9.59 Å². The maximum atomic E-state index is 11.8. The smallest absolute Gasteiger partial charge is 0.249 e. The van der Waals surface area contributed by atoms with Crippen molar-refractivity contribution in [3.8, 4) is 33.4 Å². The van der Waals surface area contributed by atoms with Crippen LogP contribution < -0.4 is 11.5 Å². The van der Waals surface area contributed by atoms with Gasteiger partial charge in [0.2, 0.25) is 11.8 Å². The minimum atomic E-state index is -0.539. The molecule has 0 saturated carbocycles. The fraction of sp³-hybridized carbons (Fsp3) is 0. The van der Waals surface area contributed by atoms with Crippen LogP contribution in [-0.2, 0) is 0 Å². The van der Waals surface area contributed by atoms with Crippen molar-refractivity contribution >= 4 is 11.8 Å². The van der Waals surface area contributed by atoms with Crippen LogP contribution in [0.1, 0.15) is 20.7 Å². The number of nitrogens with two attached hydrogens (primary N) is 2. The van der Waals surface area contributed by atoms with Crippen LogP contribution in [0.2, 0.25) is 0 Å². The van der Waals surface area contributed by atoms with Gasteiger partial charge in [-0.25, -0.2) is 0 Å². The molecule has 0 aromatic heterocycles. The maximum absolute atomic E-state index is 11.8. The summed E-state index contributed by atoms with van der Waals surface area (Å²) in [4.78, 5) is 23.4. The fourth-order valence-corrected chi connectivity index (χ4v) is 3.30. The SMILES string of the molecule is NC(=O)c1ccc(C(N)=O)c(-c2cccc3c2-c2ccccc2-3)c1.O. The van der Waals surface area contributed by atoms with Crippen molar-refractivity contribution in [2.75, 3.05) is 0 Å². The molecule has 5 nitrogen and oxygen atoms in total. The molecule has 6 N–H and O–H groups in total. The van der Waals surface area contributed by atoms with Gasteiger partial charge in [0.1, 0.15) is 0 Å². The van der Waals surface area contributed by atoms with Gasteiger partial charge < -0.3 is 16.9 Å². The molecule has 0 bridgehead atoms. The Balaban J connectivity index is 0.00000182. The van der Waals surface area contributed by atoms with E-state index in [1.54, 1.807) is 12.1 Å². The zero-order valence-corrected chi connectivity index (χ0v) is 13.2. The lowest BCUT2D eigenvalue weighted by Gasteiger charge is -2.27. The number of carbonyl (C=O) groups excluding carboxylic acids is 2. The van der Waals surface area contributed by atoms with Crippen LogP contribution in [0, 0.1) is 0 Å². The number of amides is 2. The highest BCUT2D eigenvalue weighted by Gasteiger charge is 2.26. The second-order valence-electron chi connectivity index (χ2n) is 5.76. The lowest BCUT2D eigenvalue weighted by molar-refractivity contribution is 0.0989. The van der Waals surface area contributed by atoms with Crippen molar-refractivity contribution in [2.24, 2.45) is 11.5 Å². The third-order valence-corrected chi connectivity index (χ3v) is 4.41. The van der Waals surface area contributed by atoms with Gasteiger partial charge in [0.25, 0.3) is 0 Å². The van der Waals surface area contributed by atoms with Gasteiger partial charge in [0, 0.05) is 11.1 Å². The minimum absolute atomic E-state index is 0. The summed E-state index contributed by atoms with van der Waals surface area (Å²) in [5, 5.41) is 0. The van der Waals surface area contributed by atoms with Crippen molar-refractivity contribution in [1.29, 1.82) is 0 Å². The van der Waals surface area contributed by atoms with E-state index in [-0.39, 0.29) is 5.48 Å². The summed E-state index contributed by atoms with van der Waals surface area (Å²) in [6.07, 6.45) is 0. The van der Waals surface area contributed by atoms with Crippen molar-refractivity contribution < 1.29 is 15.1 Å².